The van der Waals surface area contributed by atoms with Crippen molar-refractivity contribution in [3.8, 4) is 23.0 Å². The van der Waals surface area contributed by atoms with Crippen LogP contribution >= 0.6 is 0 Å². The number of ether oxygens (including phenoxy) is 5. The smallest absolute Gasteiger partial charge is 0.345 e. The zero-order valence-electron chi connectivity index (χ0n) is 24.9. The van der Waals surface area contributed by atoms with E-state index < -0.39 is 111 Å². The van der Waals surface area contributed by atoms with Gasteiger partial charge in [-0.2, -0.15) is 0 Å². The van der Waals surface area contributed by atoms with Gasteiger partial charge >= 0.3 is 11.9 Å². The Morgan fingerprint density at radius 1 is 0.729 bits per heavy atom. The topological polar surface area (TPSA) is 303 Å². The summed E-state index contributed by atoms with van der Waals surface area (Å²) in [4.78, 5) is 24.2. The van der Waals surface area contributed by atoms with Crippen molar-refractivity contribution in [1.82, 2.24) is 0 Å². The molecular weight excluding hydrogens is 648 g/mol. The van der Waals surface area contributed by atoms with Gasteiger partial charge in [-0.25, -0.2) is 9.59 Å². The summed E-state index contributed by atoms with van der Waals surface area (Å²) in [5, 5.41) is 109. The van der Waals surface area contributed by atoms with Crippen LogP contribution < -0.4 is 9.47 Å². The van der Waals surface area contributed by atoms with E-state index in [1.165, 1.54) is 30.3 Å². The maximum atomic E-state index is 12.4. The predicted octanol–water partition coefficient (Wildman–Crippen LogP) is -3.29. The number of carbonyl (C=O) groups is 2. The highest BCUT2D eigenvalue weighted by Crippen LogP contribution is 2.33. The maximum Gasteiger partial charge on any atom is 0.345 e. The first-order valence-corrected chi connectivity index (χ1v) is 14.4. The number of esters is 1. The van der Waals surface area contributed by atoms with Crippen LogP contribution in [0, 0.1) is 0 Å². The van der Waals surface area contributed by atoms with Gasteiger partial charge in [0.1, 0.15) is 48.8 Å². The largest absolute Gasteiger partial charge is 0.504 e. The molecule has 2 aromatic carbocycles. The summed E-state index contributed by atoms with van der Waals surface area (Å²) >= 11 is 0. The molecule has 0 spiro atoms. The highest BCUT2D eigenvalue weighted by Gasteiger charge is 2.46. The molecule has 2 aromatic rings. The summed E-state index contributed by atoms with van der Waals surface area (Å²) in [6.07, 6.45) is -15.7. The van der Waals surface area contributed by atoms with Gasteiger partial charge in [0.15, 0.2) is 23.0 Å². The van der Waals surface area contributed by atoms with Gasteiger partial charge < -0.3 is 79.9 Å². The van der Waals surface area contributed by atoms with Gasteiger partial charge in [0.05, 0.1) is 13.2 Å². The number of hydrogen-bond donors (Lipinski definition) is 11. The Labute approximate surface area is 271 Å². The van der Waals surface area contributed by atoms with Crippen LogP contribution in [0.15, 0.2) is 42.5 Å². The third-order valence-corrected chi connectivity index (χ3v) is 7.56. The highest BCUT2D eigenvalue weighted by atomic mass is 16.7. The van der Waals surface area contributed by atoms with Crippen LogP contribution in [0.2, 0.25) is 0 Å². The molecule has 11 unspecified atom stereocenters. The first-order chi connectivity index (χ1) is 22.7. The zero-order chi connectivity index (χ0) is 35.3. The van der Waals surface area contributed by atoms with Crippen molar-refractivity contribution in [3.05, 3.63) is 53.6 Å². The summed E-state index contributed by atoms with van der Waals surface area (Å²) < 4.78 is 26.3. The van der Waals surface area contributed by atoms with Gasteiger partial charge in [-0.05, 0) is 41.5 Å². The average molecular weight is 685 g/mol. The summed E-state index contributed by atoms with van der Waals surface area (Å²) in [5.74, 6) is -4.05. The van der Waals surface area contributed by atoms with Crippen LogP contribution in [-0.2, 0) is 30.2 Å². The lowest BCUT2D eigenvalue weighted by atomic mass is 9.99. The lowest BCUT2D eigenvalue weighted by Gasteiger charge is -2.39. The molecule has 4 rings (SSSR count). The number of aliphatic hydroxyl groups is 8. The van der Waals surface area contributed by atoms with Crippen LogP contribution in [0.5, 0.6) is 23.0 Å². The van der Waals surface area contributed by atoms with Gasteiger partial charge in [-0.15, -0.1) is 0 Å². The number of phenolic OH excluding ortho intramolecular Hbond substituents is 2. The van der Waals surface area contributed by atoms with Crippen LogP contribution in [-0.4, -0.2) is 149 Å². The van der Waals surface area contributed by atoms with Crippen molar-refractivity contribution in [2.24, 2.45) is 0 Å². The molecular formula is C30H36O18. The Bertz CT molecular complexity index is 1440. The SMILES string of the molecule is O=C(C=Cc1ccc(OC2OC(CO)C(O)C(O)C2O)c(O)c1)OC(Cc1ccc(OC2OC(CO)C(O)C(O)C2O)c(O)c1)C(=O)O. The minimum atomic E-state index is -1.74. The molecule has 0 amide bonds. The van der Waals surface area contributed by atoms with E-state index in [1.54, 1.807) is 0 Å². The van der Waals surface area contributed by atoms with E-state index in [9.17, 15) is 65.8 Å². The van der Waals surface area contributed by atoms with Crippen molar-refractivity contribution in [2.45, 2.75) is 73.9 Å². The fraction of sp³-hybridized carbons (Fsp3) is 0.467. The van der Waals surface area contributed by atoms with E-state index in [0.29, 0.717) is 0 Å². The molecule has 2 fully saturated rings. The third kappa shape index (κ3) is 8.49. The molecule has 48 heavy (non-hydrogen) atoms. The van der Waals surface area contributed by atoms with Crippen molar-refractivity contribution in [1.29, 1.82) is 0 Å². The molecule has 0 aromatic heterocycles. The zero-order valence-corrected chi connectivity index (χ0v) is 24.9. The Morgan fingerprint density at radius 3 is 1.69 bits per heavy atom. The normalized spacial score (nSPS) is 31.2. The lowest BCUT2D eigenvalue weighted by Crippen LogP contribution is -2.60. The first kappa shape index (κ1) is 36.8. The van der Waals surface area contributed by atoms with Crippen LogP contribution in [0.4, 0.5) is 0 Å². The Morgan fingerprint density at radius 2 is 1.23 bits per heavy atom. The summed E-state index contributed by atoms with van der Waals surface area (Å²) in [7, 11) is 0. The second-order valence-corrected chi connectivity index (χ2v) is 11.0. The fourth-order valence-corrected chi connectivity index (χ4v) is 4.84. The van der Waals surface area contributed by atoms with Crippen molar-refractivity contribution in [2.75, 3.05) is 13.2 Å². The number of aromatic hydroxyl groups is 2. The monoisotopic (exact) mass is 684 g/mol. The molecule has 11 atom stereocenters. The lowest BCUT2D eigenvalue weighted by molar-refractivity contribution is -0.277. The van der Waals surface area contributed by atoms with Gasteiger partial charge in [0.2, 0.25) is 18.7 Å². The van der Waals surface area contributed by atoms with E-state index in [4.69, 9.17) is 23.7 Å². The van der Waals surface area contributed by atoms with Crippen LogP contribution in [0.1, 0.15) is 11.1 Å². The second kappa shape index (κ2) is 15.9. The minimum Gasteiger partial charge on any atom is -0.504 e. The highest BCUT2D eigenvalue weighted by molar-refractivity contribution is 5.89. The van der Waals surface area contributed by atoms with Gasteiger partial charge in [-0.3, -0.25) is 0 Å². The van der Waals surface area contributed by atoms with Crippen molar-refractivity contribution in [3.63, 3.8) is 0 Å². The Kier molecular flexibility index (Phi) is 12.2. The van der Waals surface area contributed by atoms with Crippen molar-refractivity contribution >= 4 is 18.0 Å². The number of rotatable bonds is 12. The molecule has 0 radical (unpaired) electrons. The summed E-state index contributed by atoms with van der Waals surface area (Å²) in [5.41, 5.74) is 0.426. The summed E-state index contributed by atoms with van der Waals surface area (Å²) in [6.45, 7) is -1.38. The quantitative estimate of drug-likeness (QED) is 0.0771. The van der Waals surface area contributed by atoms with E-state index >= 15 is 0 Å². The van der Waals surface area contributed by atoms with Gasteiger partial charge in [-0.1, -0.05) is 12.1 Å². The molecule has 18 heteroatoms. The minimum absolute atomic E-state index is 0.192. The molecule has 18 nitrogen and oxygen atoms in total. The first-order valence-electron chi connectivity index (χ1n) is 14.4. The molecule has 264 valence electrons. The van der Waals surface area contributed by atoms with Gasteiger partial charge in [0, 0.05) is 12.5 Å². The number of carbonyl (C=O) groups excluding carboxylic acids is 1. The van der Waals surface area contributed by atoms with E-state index in [0.717, 1.165) is 18.2 Å². The average Bonchev–Trinajstić information content (AvgIpc) is 3.05. The maximum absolute atomic E-state index is 12.4. The van der Waals surface area contributed by atoms with Crippen LogP contribution in [0.3, 0.4) is 0 Å². The number of carboxylic acid groups (broad SMARTS) is 1. The molecule has 2 saturated heterocycles. The number of benzene rings is 2. The van der Waals surface area contributed by atoms with E-state index in [-0.39, 0.29) is 22.6 Å². The molecule has 2 heterocycles. The molecule has 0 aliphatic carbocycles. The van der Waals surface area contributed by atoms with E-state index in [1.807, 2.05) is 0 Å². The number of hydrogen-bond acceptors (Lipinski definition) is 17. The Hall–Kier alpha value is -4.08. The summed E-state index contributed by atoms with van der Waals surface area (Å²) in [6, 6.07) is 7.39. The number of phenols is 2. The predicted molar refractivity (Wildman–Crippen MR) is 155 cm³/mol. The molecule has 2 aliphatic heterocycles. The van der Waals surface area contributed by atoms with E-state index in [2.05, 4.69) is 0 Å². The number of aliphatic hydroxyl groups excluding tert-OH is 8. The molecule has 11 N–H and O–H groups in total. The molecule has 2 aliphatic rings. The number of carboxylic acids is 1. The standard InChI is InChI=1S/C30H36O18/c31-10-19-22(36)24(38)26(40)29(47-19)45-16-4-1-12(7-14(16)33)3-6-21(35)44-18(28(42)43)9-13-2-5-17(15(34)8-13)46-30-27(41)25(39)23(37)20(11-32)48-30/h1-8,18-20,22-27,29-34,36-41H,9-11H2,(H,42,43). The number of aliphatic carboxylic acids is 1. The van der Waals surface area contributed by atoms with Crippen LogP contribution in [0.25, 0.3) is 6.08 Å². The second-order valence-electron chi connectivity index (χ2n) is 11.0. The third-order valence-electron chi connectivity index (χ3n) is 7.56. The molecule has 0 bridgehead atoms. The fourth-order valence-electron chi connectivity index (χ4n) is 4.84. The molecule has 0 saturated carbocycles. The van der Waals surface area contributed by atoms with Crippen molar-refractivity contribution < 1.29 is 89.4 Å². The van der Waals surface area contributed by atoms with Gasteiger partial charge in [0.25, 0.3) is 0 Å². The Balaban J connectivity index is 1.35.